The van der Waals surface area contributed by atoms with E-state index in [0.29, 0.717) is 17.0 Å². The Labute approximate surface area is 207 Å². The standard InChI is InChI=1S/C26H30FNO4S2/c1-14-22(34-13-28-14)23(30)32-20-11-15-10-16(29)6-8-25(15,2)18-7-9-26(3)17(21(18)20)4-5-19(26)24(31)33-12-27/h6,8,10,13,17-21H,4-5,7,9,11-12H2,1-3H3/t17-,18-,19+,20+,21-,25-,26-/m0/s1. The Balaban J connectivity index is 1.52. The van der Waals surface area contributed by atoms with E-state index in [2.05, 4.69) is 18.8 Å². The number of ketones is 1. The Morgan fingerprint density at radius 2 is 2.06 bits per heavy atom. The highest BCUT2D eigenvalue weighted by molar-refractivity contribution is 8.13. The molecule has 0 bridgehead atoms. The van der Waals surface area contributed by atoms with Gasteiger partial charge >= 0.3 is 5.97 Å². The van der Waals surface area contributed by atoms with Crippen molar-refractivity contribution < 1.29 is 23.5 Å². The second-order valence-corrected chi connectivity index (χ2v) is 12.4. The van der Waals surface area contributed by atoms with Crippen LogP contribution in [0.3, 0.4) is 0 Å². The molecule has 3 saturated carbocycles. The van der Waals surface area contributed by atoms with Gasteiger partial charge in [-0.2, -0.15) is 0 Å². The lowest BCUT2D eigenvalue weighted by molar-refractivity contribution is -0.126. The third kappa shape index (κ3) is 3.63. The quantitative estimate of drug-likeness (QED) is 0.491. The van der Waals surface area contributed by atoms with E-state index in [1.54, 1.807) is 24.6 Å². The number of carbonyl (C=O) groups is 3. The first-order valence-corrected chi connectivity index (χ1v) is 13.8. The van der Waals surface area contributed by atoms with Gasteiger partial charge in [-0.3, -0.25) is 9.59 Å². The number of esters is 1. The molecule has 0 unspecified atom stereocenters. The highest BCUT2D eigenvalue weighted by Gasteiger charge is 2.62. The Morgan fingerprint density at radius 3 is 2.76 bits per heavy atom. The smallest absolute Gasteiger partial charge is 0.350 e. The Hall–Kier alpha value is -1.80. The number of alkyl halides is 1. The van der Waals surface area contributed by atoms with E-state index in [9.17, 15) is 18.8 Å². The molecule has 1 aromatic rings. The van der Waals surface area contributed by atoms with Crippen molar-refractivity contribution in [3.63, 3.8) is 0 Å². The number of aromatic nitrogens is 1. The molecule has 4 aliphatic carbocycles. The molecule has 0 amide bonds. The second kappa shape index (κ2) is 8.70. The SMILES string of the molecule is Cc1ncsc1C(=O)O[C@@H]1CC2=CC(=O)C=C[C@]2(C)[C@H]2CC[C@]3(C)[C@@H](C(=O)SCF)CC[C@H]3[C@H]12. The summed E-state index contributed by atoms with van der Waals surface area (Å²) in [4.78, 5) is 42.9. The molecule has 1 aromatic heterocycles. The van der Waals surface area contributed by atoms with Crippen LogP contribution in [-0.2, 0) is 14.3 Å². The van der Waals surface area contributed by atoms with Crippen molar-refractivity contribution in [3.8, 4) is 0 Å². The van der Waals surface area contributed by atoms with Crippen molar-refractivity contribution in [2.24, 2.45) is 34.5 Å². The van der Waals surface area contributed by atoms with E-state index < -0.39 is 6.01 Å². The Morgan fingerprint density at radius 1 is 1.26 bits per heavy atom. The van der Waals surface area contributed by atoms with Gasteiger partial charge in [-0.05, 0) is 62.0 Å². The van der Waals surface area contributed by atoms with Crippen molar-refractivity contribution in [1.82, 2.24) is 4.98 Å². The third-order valence-electron chi connectivity index (χ3n) is 9.23. The summed E-state index contributed by atoms with van der Waals surface area (Å²) in [5, 5.41) is -0.0504. The summed E-state index contributed by atoms with van der Waals surface area (Å²) in [6.45, 7) is 6.18. The molecule has 4 aliphatic rings. The van der Waals surface area contributed by atoms with E-state index in [4.69, 9.17) is 4.74 Å². The fourth-order valence-electron chi connectivity index (χ4n) is 7.49. The largest absolute Gasteiger partial charge is 0.457 e. The zero-order valence-corrected chi connectivity index (χ0v) is 21.3. The van der Waals surface area contributed by atoms with Crippen LogP contribution >= 0.6 is 23.1 Å². The molecule has 0 aromatic carbocycles. The van der Waals surface area contributed by atoms with Crippen LogP contribution in [0, 0.1) is 41.4 Å². The first-order chi connectivity index (χ1) is 16.2. The maximum Gasteiger partial charge on any atom is 0.350 e. The van der Waals surface area contributed by atoms with Crippen molar-refractivity contribution in [2.75, 3.05) is 6.01 Å². The highest BCUT2D eigenvalue weighted by atomic mass is 32.2. The number of allylic oxidation sites excluding steroid dienone is 3. The number of ether oxygens (including phenoxy) is 1. The van der Waals surface area contributed by atoms with Crippen LogP contribution in [0.15, 0.2) is 29.3 Å². The maximum absolute atomic E-state index is 13.2. The summed E-state index contributed by atoms with van der Waals surface area (Å²) >= 11 is 2.06. The van der Waals surface area contributed by atoms with Gasteiger partial charge in [-0.25, -0.2) is 14.2 Å². The van der Waals surface area contributed by atoms with Crippen molar-refractivity contribution in [2.45, 2.75) is 59.0 Å². The minimum atomic E-state index is -0.693. The number of hydrogen-bond donors (Lipinski definition) is 0. The lowest BCUT2D eigenvalue weighted by Gasteiger charge is -2.58. The Kier molecular flexibility index (Phi) is 6.12. The molecular formula is C26H30FNO4S2. The molecule has 0 saturated heterocycles. The predicted molar refractivity (Wildman–Crippen MR) is 130 cm³/mol. The summed E-state index contributed by atoms with van der Waals surface area (Å²) in [6.07, 6.45) is 8.95. The summed E-state index contributed by atoms with van der Waals surface area (Å²) < 4.78 is 19.2. The van der Waals surface area contributed by atoms with Gasteiger partial charge in [0.05, 0.1) is 11.2 Å². The minimum absolute atomic E-state index is 0.0234. The number of nitrogens with zero attached hydrogens (tertiary/aromatic N) is 1. The molecule has 0 N–H and O–H groups in total. The summed E-state index contributed by atoms with van der Waals surface area (Å²) in [7, 11) is 0. The molecule has 5 nitrogen and oxygen atoms in total. The van der Waals surface area contributed by atoms with E-state index in [1.165, 1.54) is 11.3 Å². The zero-order valence-electron chi connectivity index (χ0n) is 19.7. The van der Waals surface area contributed by atoms with Gasteiger partial charge in [0, 0.05) is 23.7 Å². The van der Waals surface area contributed by atoms with Gasteiger partial charge in [0.2, 0.25) is 0 Å². The van der Waals surface area contributed by atoms with Crippen LogP contribution in [0.1, 0.15) is 61.3 Å². The molecule has 0 radical (unpaired) electrons. The van der Waals surface area contributed by atoms with Crippen LogP contribution in [0.4, 0.5) is 4.39 Å². The fraction of sp³-hybridized carbons (Fsp3) is 0.615. The molecule has 0 spiro atoms. The fourth-order valence-corrected chi connectivity index (χ4v) is 8.87. The average Bonchev–Trinajstić information content (AvgIpc) is 3.37. The number of halogens is 1. The molecule has 182 valence electrons. The van der Waals surface area contributed by atoms with Crippen molar-refractivity contribution in [3.05, 3.63) is 39.9 Å². The van der Waals surface area contributed by atoms with Gasteiger partial charge in [-0.1, -0.05) is 37.3 Å². The van der Waals surface area contributed by atoms with Gasteiger partial charge in [0.15, 0.2) is 10.9 Å². The minimum Gasteiger partial charge on any atom is -0.457 e. The number of rotatable bonds is 4. The topological polar surface area (TPSA) is 73.3 Å². The summed E-state index contributed by atoms with van der Waals surface area (Å²) in [6, 6.07) is -0.693. The number of carbonyl (C=O) groups excluding carboxylic acids is 3. The average molecular weight is 504 g/mol. The summed E-state index contributed by atoms with van der Waals surface area (Å²) in [5.74, 6) is -0.0824. The van der Waals surface area contributed by atoms with Crippen LogP contribution in [0.25, 0.3) is 0 Å². The lowest BCUT2D eigenvalue weighted by atomic mass is 9.47. The van der Waals surface area contributed by atoms with E-state index in [-0.39, 0.29) is 57.5 Å². The van der Waals surface area contributed by atoms with Gasteiger partial charge < -0.3 is 4.74 Å². The second-order valence-electron chi connectivity index (χ2n) is 10.6. The zero-order chi connectivity index (χ0) is 24.3. The molecule has 3 fully saturated rings. The first kappa shape index (κ1) is 23.9. The molecule has 8 heteroatoms. The number of aryl methyl sites for hydroxylation is 1. The van der Waals surface area contributed by atoms with Crippen LogP contribution < -0.4 is 0 Å². The normalized spacial score (nSPS) is 38.5. The first-order valence-electron chi connectivity index (χ1n) is 12.0. The van der Waals surface area contributed by atoms with Crippen LogP contribution in [-0.4, -0.2) is 34.0 Å². The monoisotopic (exact) mass is 503 g/mol. The summed E-state index contributed by atoms with van der Waals surface area (Å²) in [5.41, 5.74) is 2.83. The molecule has 1 heterocycles. The number of thioether (sulfide) groups is 1. The van der Waals surface area contributed by atoms with E-state index in [1.807, 2.05) is 6.08 Å². The molecule has 7 atom stereocenters. The Bertz CT molecular complexity index is 1100. The number of hydrogen-bond acceptors (Lipinski definition) is 7. The van der Waals surface area contributed by atoms with E-state index in [0.717, 1.165) is 43.0 Å². The van der Waals surface area contributed by atoms with Gasteiger partial charge in [0.1, 0.15) is 17.0 Å². The number of fused-ring (bicyclic) bond motifs is 5. The third-order valence-corrected chi connectivity index (χ3v) is 10.8. The van der Waals surface area contributed by atoms with Crippen LogP contribution in [0.5, 0.6) is 0 Å². The molecule has 0 aliphatic heterocycles. The predicted octanol–water partition coefficient (Wildman–Crippen LogP) is 5.70. The molecular weight excluding hydrogens is 473 g/mol. The maximum atomic E-state index is 13.2. The lowest BCUT2D eigenvalue weighted by Crippen LogP contribution is -2.56. The number of thiazole rings is 1. The van der Waals surface area contributed by atoms with E-state index >= 15 is 0 Å². The van der Waals surface area contributed by atoms with Crippen LogP contribution in [0.2, 0.25) is 0 Å². The van der Waals surface area contributed by atoms with Crippen molar-refractivity contribution >= 4 is 40.0 Å². The molecule has 5 rings (SSSR count). The highest BCUT2D eigenvalue weighted by Crippen LogP contribution is 2.66. The van der Waals surface area contributed by atoms with Gasteiger partial charge in [0.25, 0.3) is 0 Å². The van der Waals surface area contributed by atoms with Crippen molar-refractivity contribution in [1.29, 1.82) is 0 Å². The van der Waals surface area contributed by atoms with Gasteiger partial charge in [-0.15, -0.1) is 11.3 Å². The molecule has 34 heavy (non-hydrogen) atoms.